The molecular weight excluding hydrogens is 200 g/mol. The molecule has 1 aliphatic heterocycles. The highest BCUT2D eigenvalue weighted by molar-refractivity contribution is 5.78. The van der Waals surface area contributed by atoms with E-state index in [1.807, 2.05) is 13.8 Å². The first-order valence-corrected chi connectivity index (χ1v) is 6.44. The first-order chi connectivity index (χ1) is 7.43. The average molecular weight is 226 g/mol. The molecule has 0 aromatic carbocycles. The third kappa shape index (κ3) is 3.21. The quantitative estimate of drug-likeness (QED) is 0.794. The second-order valence-electron chi connectivity index (χ2n) is 5.62. The van der Waals surface area contributed by atoms with Crippen LogP contribution in [-0.4, -0.2) is 36.5 Å². The van der Waals surface area contributed by atoms with E-state index in [0.717, 1.165) is 6.54 Å². The van der Waals surface area contributed by atoms with Gasteiger partial charge in [-0.1, -0.05) is 27.7 Å². The van der Waals surface area contributed by atoms with E-state index in [-0.39, 0.29) is 11.8 Å². The molecule has 1 fully saturated rings. The van der Waals surface area contributed by atoms with Crippen molar-refractivity contribution in [3.05, 3.63) is 0 Å². The summed E-state index contributed by atoms with van der Waals surface area (Å²) in [6.07, 6.45) is 2.46. The largest absolute Gasteiger partial charge is 0.351 e. The van der Waals surface area contributed by atoms with Crippen LogP contribution in [-0.2, 0) is 4.79 Å². The zero-order valence-corrected chi connectivity index (χ0v) is 11.3. The molecule has 0 aromatic rings. The van der Waals surface area contributed by atoms with Crippen LogP contribution in [0, 0.1) is 11.8 Å². The Kier molecular flexibility index (Phi) is 4.78. The summed E-state index contributed by atoms with van der Waals surface area (Å²) in [5.41, 5.74) is 0. The molecule has 0 saturated carbocycles. The van der Waals surface area contributed by atoms with Crippen LogP contribution in [0.3, 0.4) is 0 Å². The summed E-state index contributed by atoms with van der Waals surface area (Å²) < 4.78 is 0. The Balaban J connectivity index is 2.64. The number of likely N-dealkylation sites (tertiary alicyclic amines) is 1. The number of nitrogens with one attached hydrogen (secondary N) is 1. The van der Waals surface area contributed by atoms with Crippen LogP contribution >= 0.6 is 0 Å². The highest BCUT2D eigenvalue weighted by atomic mass is 16.1. The molecule has 1 saturated heterocycles. The van der Waals surface area contributed by atoms with Crippen LogP contribution in [0.25, 0.3) is 0 Å². The number of nitrogens with zero attached hydrogens (tertiary/aromatic N) is 1. The Hall–Kier alpha value is -0.570. The number of amides is 1. The zero-order valence-electron chi connectivity index (χ0n) is 11.3. The molecule has 94 valence electrons. The van der Waals surface area contributed by atoms with Crippen molar-refractivity contribution in [2.75, 3.05) is 13.6 Å². The summed E-state index contributed by atoms with van der Waals surface area (Å²) in [7, 11) is 2.16. The zero-order chi connectivity index (χ0) is 12.3. The Morgan fingerprint density at radius 3 is 2.31 bits per heavy atom. The standard InChI is InChI=1S/C13H26N2O/c1-9(2)12(14-13(16)10(3)4)11-7-6-8-15(11)5/h9-12H,6-8H2,1-5H3,(H,14,16)/t11-,12+/m0/s1. The summed E-state index contributed by atoms with van der Waals surface area (Å²) >= 11 is 0. The number of carbonyl (C=O) groups excluding carboxylic acids is 1. The molecular formula is C13H26N2O. The SMILES string of the molecule is CC(C)C(=O)N[C@H](C(C)C)[C@@H]1CCCN1C. The van der Waals surface area contributed by atoms with Crippen LogP contribution in [0.2, 0.25) is 0 Å². The Morgan fingerprint density at radius 1 is 1.31 bits per heavy atom. The molecule has 0 radical (unpaired) electrons. The normalized spacial score (nSPS) is 24.1. The molecule has 0 aliphatic carbocycles. The smallest absolute Gasteiger partial charge is 0.222 e. The fraction of sp³-hybridized carbons (Fsp3) is 0.923. The fourth-order valence-corrected chi connectivity index (χ4v) is 2.43. The van der Waals surface area contributed by atoms with E-state index < -0.39 is 0 Å². The summed E-state index contributed by atoms with van der Waals surface area (Å²) in [5, 5.41) is 3.21. The van der Waals surface area contributed by atoms with Crippen LogP contribution < -0.4 is 5.32 Å². The van der Waals surface area contributed by atoms with Crippen molar-refractivity contribution in [3.63, 3.8) is 0 Å². The maximum Gasteiger partial charge on any atom is 0.222 e. The first kappa shape index (κ1) is 13.5. The lowest BCUT2D eigenvalue weighted by Gasteiger charge is -2.33. The van der Waals surface area contributed by atoms with Crippen molar-refractivity contribution in [1.29, 1.82) is 0 Å². The van der Waals surface area contributed by atoms with Gasteiger partial charge in [0.25, 0.3) is 0 Å². The van der Waals surface area contributed by atoms with Gasteiger partial charge < -0.3 is 10.2 Å². The van der Waals surface area contributed by atoms with E-state index in [1.54, 1.807) is 0 Å². The number of hydrogen-bond acceptors (Lipinski definition) is 2. The van der Waals surface area contributed by atoms with Gasteiger partial charge in [0.15, 0.2) is 0 Å². The average Bonchev–Trinajstić information content (AvgIpc) is 2.59. The maximum absolute atomic E-state index is 11.8. The topological polar surface area (TPSA) is 32.3 Å². The van der Waals surface area contributed by atoms with E-state index in [2.05, 4.69) is 31.1 Å². The molecule has 3 heteroatoms. The van der Waals surface area contributed by atoms with Gasteiger partial charge in [0, 0.05) is 18.0 Å². The van der Waals surface area contributed by atoms with Crippen molar-refractivity contribution in [2.24, 2.45) is 11.8 Å². The number of carbonyl (C=O) groups is 1. The number of likely N-dealkylation sites (N-methyl/N-ethyl adjacent to an activating group) is 1. The second kappa shape index (κ2) is 5.67. The lowest BCUT2D eigenvalue weighted by Crippen LogP contribution is -2.51. The Morgan fingerprint density at radius 2 is 1.94 bits per heavy atom. The van der Waals surface area contributed by atoms with E-state index in [4.69, 9.17) is 0 Å². The molecule has 3 nitrogen and oxygen atoms in total. The van der Waals surface area contributed by atoms with Crippen LogP contribution in [0.15, 0.2) is 0 Å². The Bertz CT molecular complexity index is 238. The fourth-order valence-electron chi connectivity index (χ4n) is 2.43. The van der Waals surface area contributed by atoms with Crippen molar-refractivity contribution >= 4 is 5.91 Å². The van der Waals surface area contributed by atoms with Crippen molar-refractivity contribution in [3.8, 4) is 0 Å². The summed E-state index contributed by atoms with van der Waals surface area (Å²) in [6.45, 7) is 9.44. The van der Waals surface area contributed by atoms with Gasteiger partial charge in [0.2, 0.25) is 5.91 Å². The van der Waals surface area contributed by atoms with Gasteiger partial charge >= 0.3 is 0 Å². The van der Waals surface area contributed by atoms with Gasteiger partial charge in [-0.25, -0.2) is 0 Å². The van der Waals surface area contributed by atoms with Gasteiger partial charge in [-0.2, -0.15) is 0 Å². The first-order valence-electron chi connectivity index (χ1n) is 6.44. The third-order valence-electron chi connectivity index (χ3n) is 3.54. The molecule has 1 N–H and O–H groups in total. The summed E-state index contributed by atoms with van der Waals surface area (Å²) in [6, 6.07) is 0.810. The molecule has 1 aliphatic rings. The Labute approximate surface area is 99.6 Å². The van der Waals surface area contributed by atoms with Crippen LogP contribution in [0.4, 0.5) is 0 Å². The van der Waals surface area contributed by atoms with Gasteiger partial charge in [-0.05, 0) is 32.4 Å². The molecule has 0 spiro atoms. The van der Waals surface area contributed by atoms with E-state index in [1.165, 1.54) is 12.8 Å². The van der Waals surface area contributed by atoms with Crippen LogP contribution in [0.1, 0.15) is 40.5 Å². The van der Waals surface area contributed by atoms with Crippen molar-refractivity contribution < 1.29 is 4.79 Å². The van der Waals surface area contributed by atoms with Gasteiger partial charge in [0.05, 0.1) is 0 Å². The lowest BCUT2D eigenvalue weighted by atomic mass is 9.94. The van der Waals surface area contributed by atoms with E-state index in [9.17, 15) is 4.79 Å². The van der Waals surface area contributed by atoms with Gasteiger partial charge in [-0.15, -0.1) is 0 Å². The van der Waals surface area contributed by atoms with E-state index in [0.29, 0.717) is 18.0 Å². The second-order valence-corrected chi connectivity index (χ2v) is 5.62. The molecule has 1 amide bonds. The highest BCUT2D eigenvalue weighted by Gasteiger charge is 2.32. The highest BCUT2D eigenvalue weighted by Crippen LogP contribution is 2.22. The molecule has 0 bridgehead atoms. The summed E-state index contributed by atoms with van der Waals surface area (Å²) in [4.78, 5) is 14.2. The molecule has 1 heterocycles. The van der Waals surface area contributed by atoms with Gasteiger partial charge in [0.1, 0.15) is 0 Å². The van der Waals surface area contributed by atoms with E-state index >= 15 is 0 Å². The number of hydrogen-bond donors (Lipinski definition) is 1. The predicted octanol–water partition coefficient (Wildman–Crippen LogP) is 1.88. The summed E-state index contributed by atoms with van der Waals surface area (Å²) in [5.74, 6) is 0.750. The van der Waals surface area contributed by atoms with Gasteiger partial charge in [-0.3, -0.25) is 4.79 Å². The monoisotopic (exact) mass is 226 g/mol. The predicted molar refractivity (Wildman–Crippen MR) is 67.3 cm³/mol. The molecule has 16 heavy (non-hydrogen) atoms. The number of rotatable bonds is 4. The van der Waals surface area contributed by atoms with Crippen molar-refractivity contribution in [2.45, 2.75) is 52.6 Å². The molecule has 1 rings (SSSR count). The molecule has 2 atom stereocenters. The minimum atomic E-state index is 0.0768. The minimum absolute atomic E-state index is 0.0768. The maximum atomic E-state index is 11.8. The van der Waals surface area contributed by atoms with Crippen LogP contribution in [0.5, 0.6) is 0 Å². The molecule has 0 aromatic heterocycles. The van der Waals surface area contributed by atoms with Crippen molar-refractivity contribution in [1.82, 2.24) is 10.2 Å². The molecule has 0 unspecified atom stereocenters. The lowest BCUT2D eigenvalue weighted by molar-refractivity contribution is -0.125. The minimum Gasteiger partial charge on any atom is -0.351 e. The third-order valence-corrected chi connectivity index (χ3v) is 3.54.